The standard InChI is InChI=1S/C18H17Cl2NS/c19-14-8-6-13(7-9-14)4-2-1-3-5-18-21-16-11-10-15(20)12-17(16)22-18/h6-12H,1-5H2. The fourth-order valence-corrected chi connectivity index (χ4v) is 3.90. The maximum Gasteiger partial charge on any atom is 0.0938 e. The molecule has 0 saturated carbocycles. The number of aromatic nitrogens is 1. The first-order valence-electron chi connectivity index (χ1n) is 7.50. The molecule has 22 heavy (non-hydrogen) atoms. The molecule has 3 rings (SSSR count). The SMILES string of the molecule is Clc1ccc(CCCCCc2nc3ccc(Cl)cc3s2)cc1. The van der Waals surface area contributed by atoms with E-state index < -0.39 is 0 Å². The van der Waals surface area contributed by atoms with Crippen molar-refractivity contribution in [2.45, 2.75) is 32.1 Å². The molecule has 0 bridgehead atoms. The second-order valence-electron chi connectivity index (χ2n) is 5.41. The van der Waals surface area contributed by atoms with E-state index in [1.807, 2.05) is 30.3 Å². The van der Waals surface area contributed by atoms with Crippen LogP contribution in [-0.2, 0) is 12.8 Å². The molecule has 1 aromatic heterocycles. The predicted molar refractivity (Wildman–Crippen MR) is 97.3 cm³/mol. The van der Waals surface area contributed by atoms with Gasteiger partial charge in [-0.05, 0) is 61.6 Å². The second-order valence-corrected chi connectivity index (χ2v) is 7.39. The summed E-state index contributed by atoms with van der Waals surface area (Å²) in [5.74, 6) is 0. The highest BCUT2D eigenvalue weighted by Gasteiger charge is 2.04. The highest BCUT2D eigenvalue weighted by Crippen LogP contribution is 2.26. The zero-order chi connectivity index (χ0) is 15.4. The number of fused-ring (bicyclic) bond motifs is 1. The van der Waals surface area contributed by atoms with Gasteiger partial charge < -0.3 is 0 Å². The van der Waals surface area contributed by atoms with Crippen molar-refractivity contribution in [3.63, 3.8) is 0 Å². The summed E-state index contributed by atoms with van der Waals surface area (Å²) in [7, 11) is 0. The molecule has 0 unspecified atom stereocenters. The van der Waals surface area contributed by atoms with Crippen molar-refractivity contribution in [2.24, 2.45) is 0 Å². The van der Waals surface area contributed by atoms with Crippen LogP contribution in [0.2, 0.25) is 10.0 Å². The van der Waals surface area contributed by atoms with Crippen molar-refractivity contribution in [3.05, 3.63) is 63.1 Å². The minimum absolute atomic E-state index is 0.783. The smallest absolute Gasteiger partial charge is 0.0938 e. The number of aryl methyl sites for hydroxylation is 2. The van der Waals surface area contributed by atoms with Crippen molar-refractivity contribution in [2.75, 3.05) is 0 Å². The fourth-order valence-electron chi connectivity index (χ4n) is 2.49. The lowest BCUT2D eigenvalue weighted by Gasteiger charge is -2.01. The van der Waals surface area contributed by atoms with Gasteiger partial charge in [0.15, 0.2) is 0 Å². The minimum atomic E-state index is 0.783. The molecule has 0 N–H and O–H groups in total. The molecule has 0 aliphatic carbocycles. The van der Waals surface area contributed by atoms with Crippen LogP contribution in [0.5, 0.6) is 0 Å². The predicted octanol–water partition coefficient (Wildman–Crippen LogP) is 6.56. The molecule has 1 nitrogen and oxygen atoms in total. The number of nitrogens with zero attached hydrogens (tertiary/aromatic N) is 1. The van der Waals surface area contributed by atoms with Crippen LogP contribution in [0.15, 0.2) is 42.5 Å². The largest absolute Gasteiger partial charge is 0.241 e. The molecule has 0 amide bonds. The van der Waals surface area contributed by atoms with Crippen LogP contribution >= 0.6 is 34.5 Å². The molecule has 1 heterocycles. The van der Waals surface area contributed by atoms with Crippen LogP contribution < -0.4 is 0 Å². The Bertz CT molecular complexity index is 749. The van der Waals surface area contributed by atoms with Gasteiger partial charge in [-0.15, -0.1) is 11.3 Å². The highest BCUT2D eigenvalue weighted by molar-refractivity contribution is 7.18. The molecule has 0 fully saturated rings. The highest BCUT2D eigenvalue weighted by atomic mass is 35.5. The van der Waals surface area contributed by atoms with Gasteiger partial charge in [0.1, 0.15) is 0 Å². The van der Waals surface area contributed by atoms with Crippen LogP contribution in [0.4, 0.5) is 0 Å². The summed E-state index contributed by atoms with van der Waals surface area (Å²) in [6.07, 6.45) is 5.78. The Kier molecular flexibility index (Phi) is 5.35. The van der Waals surface area contributed by atoms with Crippen molar-refractivity contribution in [3.8, 4) is 0 Å². The van der Waals surface area contributed by atoms with Crippen LogP contribution in [-0.4, -0.2) is 4.98 Å². The van der Waals surface area contributed by atoms with Gasteiger partial charge in [-0.1, -0.05) is 41.8 Å². The van der Waals surface area contributed by atoms with Gasteiger partial charge in [0, 0.05) is 10.0 Å². The van der Waals surface area contributed by atoms with Gasteiger partial charge in [-0.3, -0.25) is 0 Å². The van der Waals surface area contributed by atoms with Gasteiger partial charge in [0.2, 0.25) is 0 Å². The van der Waals surface area contributed by atoms with Crippen LogP contribution in [0.1, 0.15) is 29.8 Å². The van der Waals surface area contributed by atoms with Crippen LogP contribution in [0, 0.1) is 0 Å². The van der Waals surface area contributed by atoms with Crippen LogP contribution in [0.3, 0.4) is 0 Å². The van der Waals surface area contributed by atoms with Crippen molar-refractivity contribution in [1.82, 2.24) is 4.98 Å². The number of halogens is 2. The maximum atomic E-state index is 6.01. The summed E-state index contributed by atoms with van der Waals surface area (Å²) in [5.41, 5.74) is 2.42. The number of rotatable bonds is 6. The van der Waals surface area contributed by atoms with E-state index in [1.54, 1.807) is 11.3 Å². The first-order valence-corrected chi connectivity index (χ1v) is 9.07. The van der Waals surface area contributed by atoms with E-state index in [-0.39, 0.29) is 0 Å². The number of unbranched alkanes of at least 4 members (excludes halogenated alkanes) is 2. The van der Waals surface area contributed by atoms with Crippen molar-refractivity contribution >= 4 is 44.8 Å². The van der Waals surface area contributed by atoms with Gasteiger partial charge in [0.05, 0.1) is 15.2 Å². The van der Waals surface area contributed by atoms with Gasteiger partial charge in [0.25, 0.3) is 0 Å². The lowest BCUT2D eigenvalue weighted by atomic mass is 10.1. The molecule has 3 aromatic rings. The summed E-state index contributed by atoms with van der Waals surface area (Å²) < 4.78 is 1.18. The molecule has 0 spiro atoms. The Labute approximate surface area is 144 Å². The second kappa shape index (κ2) is 7.45. The molecule has 0 saturated heterocycles. The molecule has 0 aliphatic heterocycles. The quantitative estimate of drug-likeness (QED) is 0.459. The van der Waals surface area contributed by atoms with E-state index in [2.05, 4.69) is 17.1 Å². The zero-order valence-corrected chi connectivity index (χ0v) is 14.5. The molecule has 0 aliphatic rings. The summed E-state index contributed by atoms with van der Waals surface area (Å²) in [6.45, 7) is 0. The lowest BCUT2D eigenvalue weighted by Crippen LogP contribution is -1.88. The third kappa shape index (κ3) is 4.22. The van der Waals surface area contributed by atoms with E-state index >= 15 is 0 Å². The number of hydrogen-bond donors (Lipinski definition) is 0. The third-order valence-corrected chi connectivity index (χ3v) is 5.23. The summed E-state index contributed by atoms with van der Waals surface area (Å²) in [5, 5.41) is 2.80. The van der Waals surface area contributed by atoms with E-state index in [9.17, 15) is 0 Å². The molecule has 0 radical (unpaired) electrons. The third-order valence-electron chi connectivity index (χ3n) is 3.66. The van der Waals surface area contributed by atoms with Gasteiger partial charge >= 0.3 is 0 Å². The normalized spacial score (nSPS) is 11.2. The van der Waals surface area contributed by atoms with Gasteiger partial charge in [-0.25, -0.2) is 4.98 Å². The summed E-state index contributed by atoms with van der Waals surface area (Å²) in [4.78, 5) is 4.66. The lowest BCUT2D eigenvalue weighted by molar-refractivity contribution is 0.677. The summed E-state index contributed by atoms with van der Waals surface area (Å²) in [6, 6.07) is 14.0. The first kappa shape index (κ1) is 15.8. The molecular weight excluding hydrogens is 333 g/mol. The van der Waals surface area contributed by atoms with E-state index in [0.717, 1.165) is 28.4 Å². The number of hydrogen-bond acceptors (Lipinski definition) is 2. The van der Waals surface area contributed by atoms with E-state index in [0.29, 0.717) is 0 Å². The Balaban J connectivity index is 1.45. The molecule has 4 heteroatoms. The first-order chi connectivity index (χ1) is 10.7. The molecule has 2 aromatic carbocycles. The Morgan fingerprint density at radius 3 is 2.36 bits per heavy atom. The Morgan fingerprint density at radius 1 is 0.818 bits per heavy atom. The van der Waals surface area contributed by atoms with E-state index in [1.165, 1.54) is 34.5 Å². The Hall–Kier alpha value is -1.09. The average Bonchev–Trinajstić information content (AvgIpc) is 2.90. The van der Waals surface area contributed by atoms with Crippen LogP contribution in [0.25, 0.3) is 10.2 Å². The molecule has 114 valence electrons. The Morgan fingerprint density at radius 2 is 1.55 bits per heavy atom. The monoisotopic (exact) mass is 349 g/mol. The number of thiazole rings is 1. The molecule has 0 atom stereocenters. The van der Waals surface area contributed by atoms with E-state index in [4.69, 9.17) is 23.2 Å². The maximum absolute atomic E-state index is 6.01. The minimum Gasteiger partial charge on any atom is -0.241 e. The molecular formula is C18H17Cl2NS. The summed E-state index contributed by atoms with van der Waals surface area (Å²) >= 11 is 13.7. The topological polar surface area (TPSA) is 12.9 Å². The van der Waals surface area contributed by atoms with Crippen molar-refractivity contribution < 1.29 is 0 Å². The van der Waals surface area contributed by atoms with Gasteiger partial charge in [-0.2, -0.15) is 0 Å². The number of benzene rings is 2. The van der Waals surface area contributed by atoms with Crippen molar-refractivity contribution in [1.29, 1.82) is 0 Å². The average molecular weight is 350 g/mol. The zero-order valence-electron chi connectivity index (χ0n) is 12.2. The fraction of sp³-hybridized carbons (Fsp3) is 0.278.